The van der Waals surface area contributed by atoms with Gasteiger partial charge in [-0.2, -0.15) is 0 Å². The molecule has 100 valence electrons. The molecule has 0 unspecified atom stereocenters. The summed E-state index contributed by atoms with van der Waals surface area (Å²) in [5.74, 6) is 0.218. The first-order valence-electron chi connectivity index (χ1n) is 6.21. The predicted octanol–water partition coefficient (Wildman–Crippen LogP) is 1.28. The van der Waals surface area contributed by atoms with Gasteiger partial charge in [0.05, 0.1) is 5.75 Å². The lowest BCUT2D eigenvalue weighted by Gasteiger charge is -2.22. The van der Waals surface area contributed by atoms with E-state index in [4.69, 9.17) is 5.73 Å². The third kappa shape index (κ3) is 3.99. The van der Waals surface area contributed by atoms with E-state index in [1.807, 2.05) is 24.3 Å². The highest BCUT2D eigenvalue weighted by Crippen LogP contribution is 2.29. The van der Waals surface area contributed by atoms with Crippen LogP contribution in [-0.2, 0) is 16.4 Å². The van der Waals surface area contributed by atoms with Gasteiger partial charge in [0, 0.05) is 31.1 Å². The maximum atomic E-state index is 11.2. The Morgan fingerprint density at radius 3 is 2.56 bits per heavy atom. The van der Waals surface area contributed by atoms with Crippen molar-refractivity contribution in [2.45, 2.75) is 25.4 Å². The molecule has 0 amide bonds. The number of hydrogen-bond acceptors (Lipinski definition) is 4. The minimum Gasteiger partial charge on any atom is -0.398 e. The molecule has 0 heterocycles. The summed E-state index contributed by atoms with van der Waals surface area (Å²) in [6.45, 7) is 1.34. The second-order valence-electron chi connectivity index (χ2n) is 5.03. The molecule has 2 N–H and O–H groups in total. The Balaban J connectivity index is 2.01. The van der Waals surface area contributed by atoms with Gasteiger partial charge >= 0.3 is 0 Å². The molecule has 1 aromatic rings. The van der Waals surface area contributed by atoms with Crippen LogP contribution >= 0.6 is 0 Å². The molecule has 0 atom stereocenters. The van der Waals surface area contributed by atoms with Crippen LogP contribution in [0.25, 0.3) is 0 Å². The molecule has 1 aliphatic rings. The minimum absolute atomic E-state index is 0.218. The Labute approximate surface area is 109 Å². The molecule has 0 aliphatic heterocycles. The van der Waals surface area contributed by atoms with Crippen molar-refractivity contribution < 1.29 is 8.42 Å². The van der Waals surface area contributed by atoms with Crippen LogP contribution < -0.4 is 5.73 Å². The Morgan fingerprint density at radius 2 is 2.00 bits per heavy atom. The van der Waals surface area contributed by atoms with E-state index in [2.05, 4.69) is 4.90 Å². The fourth-order valence-electron chi connectivity index (χ4n) is 2.01. The van der Waals surface area contributed by atoms with E-state index in [0.717, 1.165) is 30.6 Å². The van der Waals surface area contributed by atoms with Gasteiger partial charge in [0.1, 0.15) is 9.84 Å². The molecule has 0 spiro atoms. The normalized spacial score (nSPS) is 16.1. The van der Waals surface area contributed by atoms with E-state index in [0.29, 0.717) is 12.6 Å². The average Bonchev–Trinajstić information content (AvgIpc) is 3.09. The molecular formula is C13H20N2O2S. The topological polar surface area (TPSA) is 63.4 Å². The number of nitrogens with zero attached hydrogens (tertiary/aromatic N) is 1. The standard InChI is InChI=1S/C13H20N2O2S/c1-18(16,17)9-8-15(12-6-7-12)10-11-4-2-3-5-13(11)14/h2-5,12H,6-10,14H2,1H3. The van der Waals surface area contributed by atoms with Gasteiger partial charge in [0.15, 0.2) is 0 Å². The number of hydrogen-bond donors (Lipinski definition) is 1. The molecule has 0 saturated heterocycles. The molecule has 0 bridgehead atoms. The maximum Gasteiger partial charge on any atom is 0.148 e. The minimum atomic E-state index is -2.90. The van der Waals surface area contributed by atoms with Crippen molar-refractivity contribution in [2.24, 2.45) is 0 Å². The number of anilines is 1. The van der Waals surface area contributed by atoms with Crippen molar-refractivity contribution in [3.63, 3.8) is 0 Å². The summed E-state index contributed by atoms with van der Waals surface area (Å²) >= 11 is 0. The van der Waals surface area contributed by atoms with E-state index >= 15 is 0 Å². The molecule has 2 rings (SSSR count). The molecule has 1 aliphatic carbocycles. The molecular weight excluding hydrogens is 248 g/mol. The van der Waals surface area contributed by atoms with Crippen LogP contribution in [0, 0.1) is 0 Å². The highest BCUT2D eigenvalue weighted by atomic mass is 32.2. The monoisotopic (exact) mass is 268 g/mol. The van der Waals surface area contributed by atoms with Crippen LogP contribution in [0.2, 0.25) is 0 Å². The van der Waals surface area contributed by atoms with E-state index < -0.39 is 9.84 Å². The summed E-state index contributed by atoms with van der Waals surface area (Å²) < 4.78 is 22.5. The van der Waals surface area contributed by atoms with Crippen LogP contribution in [-0.4, -0.2) is 37.9 Å². The largest absolute Gasteiger partial charge is 0.398 e. The van der Waals surface area contributed by atoms with Gasteiger partial charge in [0.25, 0.3) is 0 Å². The summed E-state index contributed by atoms with van der Waals surface area (Å²) in [4.78, 5) is 2.23. The number of nitrogens with two attached hydrogens (primary N) is 1. The predicted molar refractivity (Wildman–Crippen MR) is 74.0 cm³/mol. The van der Waals surface area contributed by atoms with Crippen LogP contribution in [0.1, 0.15) is 18.4 Å². The molecule has 5 heteroatoms. The highest BCUT2D eigenvalue weighted by molar-refractivity contribution is 7.90. The fraction of sp³-hybridized carbons (Fsp3) is 0.538. The number of para-hydroxylation sites is 1. The number of rotatable bonds is 6. The summed E-state index contributed by atoms with van der Waals surface area (Å²) in [5.41, 5.74) is 7.79. The third-order valence-electron chi connectivity index (χ3n) is 3.24. The fourth-order valence-corrected chi connectivity index (χ4v) is 2.58. The van der Waals surface area contributed by atoms with Gasteiger partial charge in [-0.25, -0.2) is 8.42 Å². The van der Waals surface area contributed by atoms with Crippen molar-refractivity contribution in [3.05, 3.63) is 29.8 Å². The molecule has 1 aromatic carbocycles. The van der Waals surface area contributed by atoms with Crippen molar-refractivity contribution >= 4 is 15.5 Å². The van der Waals surface area contributed by atoms with E-state index in [1.54, 1.807) is 0 Å². The van der Waals surface area contributed by atoms with Crippen molar-refractivity contribution in [1.82, 2.24) is 4.90 Å². The van der Waals surface area contributed by atoms with E-state index in [9.17, 15) is 8.42 Å². The zero-order valence-corrected chi connectivity index (χ0v) is 11.5. The van der Waals surface area contributed by atoms with Crippen LogP contribution in [0.5, 0.6) is 0 Å². The van der Waals surface area contributed by atoms with Crippen molar-refractivity contribution in [2.75, 3.05) is 24.3 Å². The Kier molecular flexibility index (Phi) is 3.92. The Morgan fingerprint density at radius 1 is 1.33 bits per heavy atom. The van der Waals surface area contributed by atoms with E-state index in [1.165, 1.54) is 6.26 Å². The number of sulfone groups is 1. The Bertz CT molecular complexity index is 509. The lowest BCUT2D eigenvalue weighted by atomic mass is 10.1. The zero-order valence-electron chi connectivity index (χ0n) is 10.7. The number of benzene rings is 1. The summed E-state index contributed by atoms with van der Waals surface area (Å²) in [6, 6.07) is 8.30. The maximum absolute atomic E-state index is 11.2. The molecule has 4 nitrogen and oxygen atoms in total. The first-order chi connectivity index (χ1) is 8.46. The lowest BCUT2D eigenvalue weighted by Crippen LogP contribution is -2.31. The molecule has 1 fully saturated rings. The SMILES string of the molecule is CS(=O)(=O)CCN(Cc1ccccc1N)C1CC1. The van der Waals surface area contributed by atoms with Gasteiger partial charge in [-0.1, -0.05) is 18.2 Å². The first-order valence-corrected chi connectivity index (χ1v) is 8.27. The molecule has 0 radical (unpaired) electrons. The molecule has 18 heavy (non-hydrogen) atoms. The first kappa shape index (κ1) is 13.4. The smallest absolute Gasteiger partial charge is 0.148 e. The zero-order chi connectivity index (χ0) is 13.2. The summed E-state index contributed by atoms with van der Waals surface area (Å²) in [7, 11) is -2.90. The average molecular weight is 268 g/mol. The van der Waals surface area contributed by atoms with Crippen LogP contribution in [0.4, 0.5) is 5.69 Å². The Hall–Kier alpha value is -1.07. The summed E-state index contributed by atoms with van der Waals surface area (Å²) in [5, 5.41) is 0. The second kappa shape index (κ2) is 5.28. The van der Waals surface area contributed by atoms with E-state index in [-0.39, 0.29) is 5.75 Å². The van der Waals surface area contributed by atoms with Crippen molar-refractivity contribution in [3.8, 4) is 0 Å². The van der Waals surface area contributed by atoms with Gasteiger partial charge in [-0.05, 0) is 24.5 Å². The van der Waals surface area contributed by atoms with Gasteiger partial charge in [-0.15, -0.1) is 0 Å². The van der Waals surface area contributed by atoms with Gasteiger partial charge in [0.2, 0.25) is 0 Å². The van der Waals surface area contributed by atoms with Gasteiger partial charge in [-0.3, -0.25) is 4.90 Å². The highest BCUT2D eigenvalue weighted by Gasteiger charge is 2.29. The quantitative estimate of drug-likeness (QED) is 0.789. The second-order valence-corrected chi connectivity index (χ2v) is 7.29. The van der Waals surface area contributed by atoms with Crippen LogP contribution in [0.3, 0.4) is 0 Å². The van der Waals surface area contributed by atoms with Crippen LogP contribution in [0.15, 0.2) is 24.3 Å². The molecule has 1 saturated carbocycles. The molecule has 0 aromatic heterocycles. The third-order valence-corrected chi connectivity index (χ3v) is 4.17. The number of nitrogen functional groups attached to an aromatic ring is 1. The summed E-state index contributed by atoms with van der Waals surface area (Å²) in [6.07, 6.45) is 3.61. The lowest BCUT2D eigenvalue weighted by molar-refractivity contribution is 0.271. The van der Waals surface area contributed by atoms with Gasteiger partial charge < -0.3 is 5.73 Å². The van der Waals surface area contributed by atoms with Crippen molar-refractivity contribution in [1.29, 1.82) is 0 Å².